The van der Waals surface area contributed by atoms with Gasteiger partial charge in [0.05, 0.1) is 7.11 Å². The molecule has 1 aromatic carbocycles. The fraction of sp³-hybridized carbons (Fsp3) is 0.421. The molecule has 0 unspecified atom stereocenters. The normalized spacial score (nSPS) is 15.2. The Morgan fingerprint density at radius 2 is 1.80 bits per heavy atom. The largest absolute Gasteiger partial charge is 0.497 e. The van der Waals surface area contributed by atoms with Crippen LogP contribution in [0.1, 0.15) is 49.0 Å². The first-order chi connectivity index (χ1) is 12.2. The van der Waals surface area contributed by atoms with E-state index in [0.717, 1.165) is 18.6 Å². The van der Waals surface area contributed by atoms with Crippen molar-refractivity contribution in [2.75, 3.05) is 17.7 Å². The Bertz CT molecular complexity index is 695. The summed E-state index contributed by atoms with van der Waals surface area (Å²) in [6, 6.07) is 9.20. The summed E-state index contributed by atoms with van der Waals surface area (Å²) in [5, 5.41) is 6.21. The van der Waals surface area contributed by atoms with Crippen molar-refractivity contribution in [3.05, 3.63) is 42.2 Å². The first-order valence-electron chi connectivity index (χ1n) is 8.79. The predicted molar refractivity (Wildman–Crippen MR) is 98.1 cm³/mol. The molecule has 6 nitrogen and oxygen atoms in total. The zero-order valence-corrected chi connectivity index (χ0v) is 14.5. The van der Waals surface area contributed by atoms with Gasteiger partial charge in [0.15, 0.2) is 0 Å². The second-order valence-corrected chi connectivity index (χ2v) is 6.28. The van der Waals surface area contributed by atoms with Crippen LogP contribution in [0.5, 0.6) is 5.75 Å². The average Bonchev–Trinajstić information content (AvgIpc) is 2.91. The number of ether oxygens (including phenoxy) is 1. The van der Waals surface area contributed by atoms with Gasteiger partial charge in [-0.25, -0.2) is 9.97 Å². The molecule has 0 saturated heterocycles. The van der Waals surface area contributed by atoms with E-state index in [1.807, 2.05) is 0 Å². The maximum atomic E-state index is 12.4. The highest BCUT2D eigenvalue weighted by Crippen LogP contribution is 2.20. The zero-order valence-electron chi connectivity index (χ0n) is 14.5. The molecule has 25 heavy (non-hydrogen) atoms. The van der Waals surface area contributed by atoms with Crippen LogP contribution < -0.4 is 15.4 Å². The van der Waals surface area contributed by atoms with E-state index in [1.54, 1.807) is 43.6 Å². The Labute approximate surface area is 148 Å². The van der Waals surface area contributed by atoms with Crippen molar-refractivity contribution >= 4 is 17.5 Å². The van der Waals surface area contributed by atoms with E-state index in [9.17, 15) is 4.79 Å². The van der Waals surface area contributed by atoms with Gasteiger partial charge in [-0.15, -0.1) is 0 Å². The fourth-order valence-corrected chi connectivity index (χ4v) is 3.03. The molecule has 1 aliphatic carbocycles. The predicted octanol–water partition coefficient (Wildman–Crippen LogP) is 3.87. The summed E-state index contributed by atoms with van der Waals surface area (Å²) in [6.45, 7) is 0. The molecule has 0 aliphatic heterocycles. The highest BCUT2D eigenvalue weighted by Gasteiger charge is 2.14. The average molecular weight is 340 g/mol. The first kappa shape index (κ1) is 17.2. The molecule has 1 saturated carbocycles. The number of nitrogens with zero attached hydrogens (tertiary/aromatic N) is 2. The number of hydrogen-bond donors (Lipinski definition) is 2. The third kappa shape index (κ3) is 4.92. The minimum Gasteiger partial charge on any atom is -0.497 e. The van der Waals surface area contributed by atoms with E-state index in [0.29, 0.717) is 23.4 Å². The van der Waals surface area contributed by atoms with Crippen LogP contribution in [0.15, 0.2) is 36.5 Å². The van der Waals surface area contributed by atoms with Crippen LogP contribution in [0.2, 0.25) is 0 Å². The molecule has 0 bridgehead atoms. The molecule has 1 aromatic heterocycles. The van der Waals surface area contributed by atoms with Crippen molar-refractivity contribution in [3.63, 3.8) is 0 Å². The summed E-state index contributed by atoms with van der Waals surface area (Å²) in [4.78, 5) is 21.0. The van der Waals surface area contributed by atoms with Crippen molar-refractivity contribution in [3.8, 4) is 5.75 Å². The van der Waals surface area contributed by atoms with Gasteiger partial charge in [0.1, 0.15) is 11.4 Å². The number of aromatic nitrogens is 2. The first-order valence-corrected chi connectivity index (χ1v) is 8.79. The Morgan fingerprint density at radius 1 is 1.08 bits per heavy atom. The molecule has 0 spiro atoms. The van der Waals surface area contributed by atoms with Gasteiger partial charge in [-0.2, -0.15) is 0 Å². The van der Waals surface area contributed by atoms with Gasteiger partial charge in [-0.1, -0.05) is 25.7 Å². The summed E-state index contributed by atoms with van der Waals surface area (Å²) in [7, 11) is 1.61. The topological polar surface area (TPSA) is 76.1 Å². The molecule has 3 rings (SSSR count). The molecule has 1 heterocycles. The lowest BCUT2D eigenvalue weighted by atomic mass is 10.1. The van der Waals surface area contributed by atoms with Gasteiger partial charge in [0, 0.05) is 17.9 Å². The molecule has 2 aromatic rings. The molecule has 132 valence electrons. The van der Waals surface area contributed by atoms with Crippen molar-refractivity contribution in [1.82, 2.24) is 9.97 Å². The van der Waals surface area contributed by atoms with Gasteiger partial charge in [-0.05, 0) is 43.2 Å². The van der Waals surface area contributed by atoms with E-state index in [1.165, 1.54) is 25.7 Å². The van der Waals surface area contributed by atoms with Gasteiger partial charge in [0.2, 0.25) is 5.95 Å². The molecular formula is C19H24N4O2. The Morgan fingerprint density at radius 3 is 2.48 bits per heavy atom. The summed E-state index contributed by atoms with van der Waals surface area (Å²) in [5.74, 6) is 1.01. The van der Waals surface area contributed by atoms with Crippen LogP contribution in [0.3, 0.4) is 0 Å². The molecule has 6 heteroatoms. The lowest BCUT2D eigenvalue weighted by Gasteiger charge is -2.16. The van der Waals surface area contributed by atoms with Crippen LogP contribution in [-0.4, -0.2) is 29.0 Å². The van der Waals surface area contributed by atoms with E-state index in [4.69, 9.17) is 4.74 Å². The fourth-order valence-electron chi connectivity index (χ4n) is 3.03. The molecular weight excluding hydrogens is 316 g/mol. The molecule has 2 N–H and O–H groups in total. The third-order valence-electron chi connectivity index (χ3n) is 4.42. The Kier molecular flexibility index (Phi) is 5.82. The van der Waals surface area contributed by atoms with Crippen LogP contribution >= 0.6 is 0 Å². The standard InChI is InChI=1S/C19H24N4O2/c1-25-16-10-8-15(9-11-16)21-18(24)17-12-13-20-19(23-17)22-14-6-4-2-3-5-7-14/h8-14H,2-7H2,1H3,(H,21,24)(H,20,22,23). The summed E-state index contributed by atoms with van der Waals surface area (Å²) < 4.78 is 5.11. The van der Waals surface area contributed by atoms with E-state index < -0.39 is 0 Å². The third-order valence-corrected chi connectivity index (χ3v) is 4.42. The minimum atomic E-state index is -0.253. The van der Waals surface area contributed by atoms with Crippen LogP contribution in [0, 0.1) is 0 Å². The van der Waals surface area contributed by atoms with Crippen LogP contribution in [0.4, 0.5) is 11.6 Å². The van der Waals surface area contributed by atoms with Crippen molar-refractivity contribution in [2.24, 2.45) is 0 Å². The van der Waals surface area contributed by atoms with Gasteiger partial charge < -0.3 is 15.4 Å². The number of benzene rings is 1. The summed E-state index contributed by atoms with van der Waals surface area (Å²) >= 11 is 0. The van der Waals surface area contributed by atoms with E-state index >= 15 is 0 Å². The Hall–Kier alpha value is -2.63. The highest BCUT2D eigenvalue weighted by molar-refractivity contribution is 6.02. The number of hydrogen-bond acceptors (Lipinski definition) is 5. The number of amides is 1. The monoisotopic (exact) mass is 340 g/mol. The molecule has 1 aliphatic rings. The minimum absolute atomic E-state index is 0.253. The quantitative estimate of drug-likeness (QED) is 0.808. The van der Waals surface area contributed by atoms with Crippen molar-refractivity contribution in [1.29, 1.82) is 0 Å². The zero-order chi connectivity index (χ0) is 17.5. The lowest BCUT2D eigenvalue weighted by molar-refractivity contribution is 0.102. The lowest BCUT2D eigenvalue weighted by Crippen LogP contribution is -2.21. The second kappa shape index (κ2) is 8.46. The maximum Gasteiger partial charge on any atom is 0.274 e. The maximum absolute atomic E-state index is 12.4. The highest BCUT2D eigenvalue weighted by atomic mass is 16.5. The van der Waals surface area contributed by atoms with E-state index in [2.05, 4.69) is 20.6 Å². The molecule has 0 radical (unpaired) electrons. The number of methoxy groups -OCH3 is 1. The number of carbonyl (C=O) groups excluding carboxylic acids is 1. The molecule has 1 fully saturated rings. The number of rotatable bonds is 5. The smallest absolute Gasteiger partial charge is 0.274 e. The van der Waals surface area contributed by atoms with Crippen molar-refractivity contribution < 1.29 is 9.53 Å². The van der Waals surface area contributed by atoms with E-state index in [-0.39, 0.29) is 5.91 Å². The van der Waals surface area contributed by atoms with Gasteiger partial charge in [0.25, 0.3) is 5.91 Å². The van der Waals surface area contributed by atoms with Crippen molar-refractivity contribution in [2.45, 2.75) is 44.6 Å². The number of nitrogens with one attached hydrogen (secondary N) is 2. The molecule has 1 amide bonds. The SMILES string of the molecule is COc1ccc(NC(=O)c2ccnc(NC3CCCCCC3)n2)cc1. The second-order valence-electron chi connectivity index (χ2n) is 6.28. The summed E-state index contributed by atoms with van der Waals surface area (Å²) in [6.07, 6.45) is 8.93. The number of carbonyl (C=O) groups is 1. The summed E-state index contributed by atoms with van der Waals surface area (Å²) in [5.41, 5.74) is 1.05. The molecule has 0 atom stereocenters. The van der Waals surface area contributed by atoms with Gasteiger partial charge >= 0.3 is 0 Å². The van der Waals surface area contributed by atoms with Gasteiger partial charge in [-0.3, -0.25) is 4.79 Å². The number of anilines is 2. The van der Waals surface area contributed by atoms with Crippen LogP contribution in [0.25, 0.3) is 0 Å². The Balaban J connectivity index is 1.64. The van der Waals surface area contributed by atoms with Crippen LogP contribution in [-0.2, 0) is 0 Å².